The molecule has 0 aromatic rings. The zero-order valence-electron chi connectivity index (χ0n) is 7.05. The van der Waals surface area contributed by atoms with E-state index in [4.69, 9.17) is 0 Å². The SMILES string of the molecule is CCCC(C=O)NC(C)C. The molecule has 1 N–H and O–H groups in total. The third kappa shape index (κ3) is 4.50. The van der Waals surface area contributed by atoms with E-state index in [-0.39, 0.29) is 6.04 Å². The molecule has 0 radical (unpaired) electrons. The van der Waals surface area contributed by atoms with Gasteiger partial charge in [0.05, 0.1) is 6.04 Å². The summed E-state index contributed by atoms with van der Waals surface area (Å²) < 4.78 is 0. The van der Waals surface area contributed by atoms with E-state index in [1.54, 1.807) is 0 Å². The molecule has 0 aliphatic rings. The van der Waals surface area contributed by atoms with E-state index in [0.29, 0.717) is 6.04 Å². The van der Waals surface area contributed by atoms with E-state index in [1.807, 2.05) is 13.8 Å². The molecular weight excluding hydrogens is 126 g/mol. The van der Waals surface area contributed by atoms with Gasteiger partial charge in [-0.05, 0) is 6.42 Å². The molecule has 0 aromatic carbocycles. The Morgan fingerprint density at radius 3 is 2.40 bits per heavy atom. The molecule has 0 heterocycles. The van der Waals surface area contributed by atoms with Crippen LogP contribution in [0.25, 0.3) is 0 Å². The zero-order chi connectivity index (χ0) is 7.98. The number of carbonyl (C=O) groups is 1. The normalized spacial score (nSPS) is 13.6. The quantitative estimate of drug-likeness (QED) is 0.589. The first kappa shape index (κ1) is 9.63. The van der Waals surface area contributed by atoms with Crippen LogP contribution in [0.1, 0.15) is 33.6 Å². The summed E-state index contributed by atoms with van der Waals surface area (Å²) in [5, 5.41) is 3.16. The Balaban J connectivity index is 3.49. The molecule has 0 aromatic heterocycles. The predicted molar refractivity (Wildman–Crippen MR) is 43.0 cm³/mol. The Hall–Kier alpha value is -0.370. The van der Waals surface area contributed by atoms with E-state index in [1.165, 1.54) is 0 Å². The molecule has 1 atom stereocenters. The highest BCUT2D eigenvalue weighted by Crippen LogP contribution is 1.94. The van der Waals surface area contributed by atoms with E-state index < -0.39 is 0 Å². The van der Waals surface area contributed by atoms with Crippen LogP contribution in [0.4, 0.5) is 0 Å². The predicted octanol–water partition coefficient (Wildman–Crippen LogP) is 1.35. The highest BCUT2D eigenvalue weighted by Gasteiger charge is 2.05. The molecule has 2 heteroatoms. The van der Waals surface area contributed by atoms with Crippen LogP contribution in [-0.2, 0) is 4.79 Å². The number of carbonyl (C=O) groups excluding carboxylic acids is 1. The minimum absolute atomic E-state index is 0.0602. The van der Waals surface area contributed by atoms with Crippen molar-refractivity contribution in [3.8, 4) is 0 Å². The van der Waals surface area contributed by atoms with Crippen LogP contribution in [0.3, 0.4) is 0 Å². The fourth-order valence-corrected chi connectivity index (χ4v) is 0.930. The van der Waals surface area contributed by atoms with Crippen LogP contribution in [0, 0.1) is 0 Å². The van der Waals surface area contributed by atoms with E-state index in [0.717, 1.165) is 19.1 Å². The molecule has 2 nitrogen and oxygen atoms in total. The van der Waals surface area contributed by atoms with Gasteiger partial charge in [0.2, 0.25) is 0 Å². The standard InChI is InChI=1S/C8H17NO/c1-4-5-8(6-10)9-7(2)3/h6-9H,4-5H2,1-3H3. The van der Waals surface area contributed by atoms with Crippen molar-refractivity contribution in [2.75, 3.05) is 0 Å². The summed E-state index contributed by atoms with van der Waals surface area (Å²) in [4.78, 5) is 10.4. The topological polar surface area (TPSA) is 29.1 Å². The summed E-state index contributed by atoms with van der Waals surface area (Å²) in [6.07, 6.45) is 2.99. The summed E-state index contributed by atoms with van der Waals surface area (Å²) in [6, 6.07) is 0.465. The Morgan fingerprint density at radius 2 is 2.10 bits per heavy atom. The molecule has 10 heavy (non-hydrogen) atoms. The van der Waals surface area contributed by atoms with Crippen molar-refractivity contribution in [1.82, 2.24) is 5.32 Å². The van der Waals surface area contributed by atoms with Gasteiger partial charge in [-0.3, -0.25) is 0 Å². The first-order chi connectivity index (χ1) is 4.70. The lowest BCUT2D eigenvalue weighted by Crippen LogP contribution is -2.35. The van der Waals surface area contributed by atoms with Crippen LogP contribution in [0.15, 0.2) is 0 Å². The van der Waals surface area contributed by atoms with E-state index in [9.17, 15) is 4.79 Å². The molecule has 0 amide bonds. The van der Waals surface area contributed by atoms with Crippen LogP contribution < -0.4 is 5.32 Å². The van der Waals surface area contributed by atoms with Gasteiger partial charge in [-0.15, -0.1) is 0 Å². The fourth-order valence-electron chi connectivity index (χ4n) is 0.930. The number of rotatable bonds is 5. The van der Waals surface area contributed by atoms with Crippen molar-refractivity contribution in [2.24, 2.45) is 0 Å². The Bertz CT molecular complexity index is 91.3. The fraction of sp³-hybridized carbons (Fsp3) is 0.875. The van der Waals surface area contributed by atoms with Crippen LogP contribution in [0.5, 0.6) is 0 Å². The Labute approximate surface area is 63.0 Å². The maximum atomic E-state index is 10.4. The first-order valence-electron chi connectivity index (χ1n) is 3.92. The third-order valence-electron chi connectivity index (χ3n) is 1.31. The largest absolute Gasteiger partial charge is 0.305 e. The average Bonchev–Trinajstić information content (AvgIpc) is 1.86. The van der Waals surface area contributed by atoms with Gasteiger partial charge in [-0.2, -0.15) is 0 Å². The molecule has 0 saturated heterocycles. The molecule has 0 fully saturated rings. The zero-order valence-corrected chi connectivity index (χ0v) is 7.05. The third-order valence-corrected chi connectivity index (χ3v) is 1.31. The van der Waals surface area contributed by atoms with Gasteiger partial charge in [0, 0.05) is 6.04 Å². The van der Waals surface area contributed by atoms with Gasteiger partial charge < -0.3 is 10.1 Å². The highest BCUT2D eigenvalue weighted by molar-refractivity contribution is 5.57. The van der Waals surface area contributed by atoms with Gasteiger partial charge >= 0.3 is 0 Å². The van der Waals surface area contributed by atoms with E-state index in [2.05, 4.69) is 12.2 Å². The van der Waals surface area contributed by atoms with Crippen molar-refractivity contribution >= 4 is 6.29 Å². The van der Waals surface area contributed by atoms with Crippen LogP contribution in [-0.4, -0.2) is 18.4 Å². The minimum Gasteiger partial charge on any atom is -0.305 e. The van der Waals surface area contributed by atoms with Gasteiger partial charge in [0.15, 0.2) is 0 Å². The first-order valence-corrected chi connectivity index (χ1v) is 3.92. The van der Waals surface area contributed by atoms with Crippen molar-refractivity contribution in [3.05, 3.63) is 0 Å². The second-order valence-electron chi connectivity index (χ2n) is 2.85. The van der Waals surface area contributed by atoms with Gasteiger partial charge in [0.25, 0.3) is 0 Å². The molecule has 60 valence electrons. The number of nitrogens with one attached hydrogen (secondary N) is 1. The Kier molecular flexibility index (Phi) is 5.22. The number of hydrogen-bond acceptors (Lipinski definition) is 2. The van der Waals surface area contributed by atoms with Gasteiger partial charge in [-0.1, -0.05) is 27.2 Å². The number of hydrogen-bond donors (Lipinski definition) is 1. The maximum absolute atomic E-state index is 10.4. The van der Waals surface area contributed by atoms with Crippen LogP contribution in [0.2, 0.25) is 0 Å². The second-order valence-corrected chi connectivity index (χ2v) is 2.85. The van der Waals surface area contributed by atoms with Crippen molar-refractivity contribution in [3.63, 3.8) is 0 Å². The van der Waals surface area contributed by atoms with E-state index >= 15 is 0 Å². The average molecular weight is 143 g/mol. The van der Waals surface area contributed by atoms with Gasteiger partial charge in [0.1, 0.15) is 6.29 Å². The van der Waals surface area contributed by atoms with Gasteiger partial charge in [-0.25, -0.2) is 0 Å². The summed E-state index contributed by atoms with van der Waals surface area (Å²) in [5.41, 5.74) is 0. The lowest BCUT2D eigenvalue weighted by atomic mass is 10.2. The molecule has 1 unspecified atom stereocenters. The molecule has 0 rings (SSSR count). The Morgan fingerprint density at radius 1 is 1.50 bits per heavy atom. The minimum atomic E-state index is 0.0602. The summed E-state index contributed by atoms with van der Waals surface area (Å²) in [5.74, 6) is 0. The molecule has 0 aliphatic carbocycles. The molecule has 0 bridgehead atoms. The molecular formula is C8H17NO. The summed E-state index contributed by atoms with van der Waals surface area (Å²) >= 11 is 0. The van der Waals surface area contributed by atoms with Crippen molar-refractivity contribution in [1.29, 1.82) is 0 Å². The highest BCUT2D eigenvalue weighted by atomic mass is 16.1. The lowest BCUT2D eigenvalue weighted by Gasteiger charge is -2.13. The smallest absolute Gasteiger partial charge is 0.136 e. The summed E-state index contributed by atoms with van der Waals surface area (Å²) in [7, 11) is 0. The molecule has 0 aliphatic heterocycles. The summed E-state index contributed by atoms with van der Waals surface area (Å²) in [6.45, 7) is 6.18. The van der Waals surface area contributed by atoms with Crippen molar-refractivity contribution in [2.45, 2.75) is 45.7 Å². The molecule has 0 saturated carbocycles. The van der Waals surface area contributed by atoms with Crippen molar-refractivity contribution < 1.29 is 4.79 Å². The molecule has 0 spiro atoms. The monoisotopic (exact) mass is 143 g/mol. The lowest BCUT2D eigenvalue weighted by molar-refractivity contribution is -0.109. The van der Waals surface area contributed by atoms with Crippen LogP contribution >= 0.6 is 0 Å². The number of aldehydes is 1. The second kappa shape index (κ2) is 5.42. The maximum Gasteiger partial charge on any atom is 0.136 e.